The van der Waals surface area contributed by atoms with Crippen molar-refractivity contribution in [1.29, 1.82) is 0 Å². The number of hydrogen-bond donors (Lipinski definition) is 0. The molecular formula is C53H35N. The fraction of sp³-hybridized carbons (Fsp3) is 0.0189. The predicted molar refractivity (Wildman–Crippen MR) is 226 cm³/mol. The van der Waals surface area contributed by atoms with E-state index >= 15 is 0 Å². The maximum Gasteiger partial charge on any atom is 0.0726 e. The minimum absolute atomic E-state index is 0.425. The Morgan fingerprint density at radius 2 is 0.759 bits per heavy atom. The molecule has 0 amide bonds. The molecule has 2 aliphatic rings. The van der Waals surface area contributed by atoms with Gasteiger partial charge in [-0.05, 0) is 102 Å². The largest absolute Gasteiger partial charge is 0.310 e. The summed E-state index contributed by atoms with van der Waals surface area (Å²) < 4.78 is 0. The van der Waals surface area contributed by atoms with E-state index < -0.39 is 5.41 Å². The minimum atomic E-state index is -0.425. The number of nitrogens with zero attached hydrogens (tertiary/aromatic N) is 1. The van der Waals surface area contributed by atoms with Crippen LogP contribution in [0.3, 0.4) is 0 Å². The quantitative estimate of drug-likeness (QED) is 0.174. The third-order valence-corrected chi connectivity index (χ3v) is 11.7. The molecule has 0 saturated heterocycles. The molecule has 0 unspecified atom stereocenters. The molecule has 9 aromatic carbocycles. The van der Waals surface area contributed by atoms with Gasteiger partial charge < -0.3 is 4.90 Å². The summed E-state index contributed by atoms with van der Waals surface area (Å²) in [5.41, 5.74) is 18.4. The van der Waals surface area contributed by atoms with Crippen molar-refractivity contribution >= 4 is 27.8 Å². The van der Waals surface area contributed by atoms with Gasteiger partial charge in [0.2, 0.25) is 0 Å². The highest BCUT2D eigenvalue weighted by Gasteiger charge is 2.51. The van der Waals surface area contributed by atoms with Gasteiger partial charge in [0.1, 0.15) is 0 Å². The lowest BCUT2D eigenvalue weighted by atomic mass is 9.70. The summed E-state index contributed by atoms with van der Waals surface area (Å²) in [6.07, 6.45) is 0. The molecule has 0 heterocycles. The average Bonchev–Trinajstić information content (AvgIpc) is 3.72. The smallest absolute Gasteiger partial charge is 0.0726 e. The first-order chi connectivity index (χ1) is 26.8. The van der Waals surface area contributed by atoms with Gasteiger partial charge in [-0.3, -0.25) is 0 Å². The van der Waals surface area contributed by atoms with Gasteiger partial charge in [-0.2, -0.15) is 0 Å². The monoisotopic (exact) mass is 685 g/mol. The van der Waals surface area contributed by atoms with Crippen molar-refractivity contribution in [3.05, 3.63) is 235 Å². The molecule has 2 aliphatic carbocycles. The van der Waals surface area contributed by atoms with Crippen molar-refractivity contribution in [1.82, 2.24) is 0 Å². The zero-order valence-corrected chi connectivity index (χ0v) is 29.7. The van der Waals surface area contributed by atoms with Gasteiger partial charge in [0.05, 0.1) is 11.1 Å². The van der Waals surface area contributed by atoms with Crippen LogP contribution in [0.1, 0.15) is 22.3 Å². The first-order valence-electron chi connectivity index (χ1n) is 18.8. The molecular weight excluding hydrogens is 651 g/mol. The van der Waals surface area contributed by atoms with E-state index in [9.17, 15) is 0 Å². The predicted octanol–water partition coefficient (Wildman–Crippen LogP) is 14.0. The van der Waals surface area contributed by atoms with Crippen molar-refractivity contribution in [3.8, 4) is 44.5 Å². The van der Waals surface area contributed by atoms with Crippen LogP contribution in [0.4, 0.5) is 17.1 Å². The highest BCUT2D eigenvalue weighted by atomic mass is 15.1. The van der Waals surface area contributed by atoms with Crippen molar-refractivity contribution in [2.45, 2.75) is 5.41 Å². The zero-order valence-electron chi connectivity index (χ0n) is 29.7. The van der Waals surface area contributed by atoms with Crippen molar-refractivity contribution in [3.63, 3.8) is 0 Å². The van der Waals surface area contributed by atoms with E-state index in [1.807, 2.05) is 0 Å². The Hall–Kier alpha value is -6.96. The third-order valence-electron chi connectivity index (χ3n) is 11.7. The summed E-state index contributed by atoms with van der Waals surface area (Å²) in [5.74, 6) is 0. The second-order valence-corrected chi connectivity index (χ2v) is 14.4. The zero-order chi connectivity index (χ0) is 35.6. The Morgan fingerprint density at radius 3 is 1.41 bits per heavy atom. The molecule has 252 valence electrons. The highest BCUT2D eigenvalue weighted by Crippen LogP contribution is 2.63. The van der Waals surface area contributed by atoms with E-state index in [-0.39, 0.29) is 0 Å². The molecule has 0 N–H and O–H groups in total. The Labute approximate surface area is 316 Å². The fourth-order valence-corrected chi connectivity index (χ4v) is 9.45. The molecule has 0 bridgehead atoms. The lowest BCUT2D eigenvalue weighted by Gasteiger charge is -2.32. The molecule has 0 fully saturated rings. The fourth-order valence-electron chi connectivity index (χ4n) is 9.45. The Balaban J connectivity index is 1.20. The number of rotatable bonds is 5. The second kappa shape index (κ2) is 12.0. The van der Waals surface area contributed by atoms with Gasteiger partial charge in [0.25, 0.3) is 0 Å². The summed E-state index contributed by atoms with van der Waals surface area (Å²) in [6.45, 7) is 0. The van der Waals surface area contributed by atoms with Crippen molar-refractivity contribution in [2.24, 2.45) is 0 Å². The van der Waals surface area contributed by atoms with Gasteiger partial charge in [-0.25, -0.2) is 0 Å². The summed E-state index contributed by atoms with van der Waals surface area (Å²) >= 11 is 0. The molecule has 1 spiro atoms. The number of benzene rings is 9. The molecule has 0 aromatic heterocycles. The van der Waals surface area contributed by atoms with Crippen LogP contribution in [-0.4, -0.2) is 0 Å². The average molecular weight is 686 g/mol. The standard InChI is InChI=1S/C53H35N/c1-3-16-36(17-4-1)38-20-15-21-39(34-38)54(52-33-32-41(37-18-5-2-6-19-37)42-22-7-8-26-47(42)52)40-30-31-46-45-25-11-14-29-50(45)53(51(46)35-40)48-27-12-9-23-43(48)44-24-10-13-28-49(44)53/h1-35H. The first-order valence-corrected chi connectivity index (χ1v) is 18.8. The van der Waals surface area contributed by atoms with E-state index in [1.165, 1.54) is 77.5 Å². The molecule has 9 aromatic rings. The van der Waals surface area contributed by atoms with Crippen molar-refractivity contribution < 1.29 is 0 Å². The van der Waals surface area contributed by atoms with Crippen LogP contribution in [0, 0.1) is 0 Å². The SMILES string of the molecule is c1ccc(-c2cccc(N(c3ccc4c(c3)C3(c5ccccc5-c5ccccc53)c3ccccc3-4)c3ccc(-c4ccccc4)c4ccccc34)c2)cc1. The Kier molecular flexibility index (Phi) is 6.84. The van der Waals surface area contributed by atoms with Gasteiger partial charge >= 0.3 is 0 Å². The van der Waals surface area contributed by atoms with E-state index in [4.69, 9.17) is 0 Å². The molecule has 11 rings (SSSR count). The molecule has 54 heavy (non-hydrogen) atoms. The van der Waals surface area contributed by atoms with Crippen molar-refractivity contribution in [2.75, 3.05) is 4.90 Å². The van der Waals surface area contributed by atoms with Crippen LogP contribution in [0.2, 0.25) is 0 Å². The van der Waals surface area contributed by atoms with Crippen LogP contribution in [0.25, 0.3) is 55.3 Å². The minimum Gasteiger partial charge on any atom is -0.310 e. The van der Waals surface area contributed by atoms with Gasteiger partial charge in [0, 0.05) is 16.8 Å². The highest BCUT2D eigenvalue weighted by molar-refractivity contribution is 6.07. The summed E-state index contributed by atoms with van der Waals surface area (Å²) in [6, 6.07) is 78.2. The molecule has 0 radical (unpaired) electrons. The first kappa shape index (κ1) is 30.6. The lowest BCUT2D eigenvalue weighted by molar-refractivity contribution is 0.793. The van der Waals surface area contributed by atoms with Crippen LogP contribution < -0.4 is 4.90 Å². The second-order valence-electron chi connectivity index (χ2n) is 14.4. The summed E-state index contributed by atoms with van der Waals surface area (Å²) in [7, 11) is 0. The number of hydrogen-bond acceptors (Lipinski definition) is 1. The van der Waals surface area contributed by atoms with E-state index in [0.29, 0.717) is 0 Å². The molecule has 1 heteroatoms. The van der Waals surface area contributed by atoms with E-state index in [0.717, 1.165) is 17.1 Å². The van der Waals surface area contributed by atoms with Gasteiger partial charge in [-0.15, -0.1) is 0 Å². The van der Waals surface area contributed by atoms with Crippen LogP contribution in [0.15, 0.2) is 212 Å². The van der Waals surface area contributed by atoms with E-state index in [2.05, 4.69) is 217 Å². The Bertz CT molecular complexity index is 2820. The van der Waals surface area contributed by atoms with Crippen LogP contribution in [0.5, 0.6) is 0 Å². The summed E-state index contributed by atoms with van der Waals surface area (Å²) in [4.78, 5) is 2.48. The number of anilines is 3. The molecule has 0 aliphatic heterocycles. The van der Waals surface area contributed by atoms with E-state index in [1.54, 1.807) is 0 Å². The van der Waals surface area contributed by atoms with Gasteiger partial charge in [-0.1, -0.05) is 182 Å². The number of fused-ring (bicyclic) bond motifs is 11. The Morgan fingerprint density at radius 1 is 0.278 bits per heavy atom. The molecule has 1 nitrogen and oxygen atoms in total. The normalized spacial score (nSPS) is 13.0. The maximum absolute atomic E-state index is 2.49. The maximum atomic E-state index is 2.49. The van der Waals surface area contributed by atoms with Gasteiger partial charge in [0.15, 0.2) is 0 Å². The third kappa shape index (κ3) is 4.39. The lowest BCUT2D eigenvalue weighted by Crippen LogP contribution is -2.26. The topological polar surface area (TPSA) is 3.24 Å². The van der Waals surface area contributed by atoms with Crippen LogP contribution >= 0.6 is 0 Å². The molecule has 0 atom stereocenters. The molecule has 0 saturated carbocycles. The van der Waals surface area contributed by atoms with Crippen LogP contribution in [-0.2, 0) is 5.41 Å². The summed E-state index contributed by atoms with van der Waals surface area (Å²) in [5, 5.41) is 2.44.